The smallest absolute Gasteiger partial charge is 0.251 e. The molecule has 4 N–H and O–H groups in total. The number of oxazole rings is 1. The number of ether oxygens (including phenoxy) is 3. The molecule has 2 aliphatic rings. The number of nitrogens with zero attached hydrogens (tertiary/aromatic N) is 3. The van der Waals surface area contributed by atoms with Gasteiger partial charge in [-0.25, -0.2) is 4.98 Å². The van der Waals surface area contributed by atoms with Crippen molar-refractivity contribution in [3.05, 3.63) is 101 Å². The highest BCUT2D eigenvalue weighted by molar-refractivity contribution is 6.31. The first-order valence-corrected chi connectivity index (χ1v) is 22.7. The van der Waals surface area contributed by atoms with Crippen molar-refractivity contribution in [2.75, 3.05) is 26.4 Å². The Labute approximate surface area is 391 Å². The van der Waals surface area contributed by atoms with Crippen molar-refractivity contribution in [1.82, 2.24) is 25.8 Å². The van der Waals surface area contributed by atoms with Crippen LogP contribution in [0.1, 0.15) is 95.6 Å². The third-order valence-corrected chi connectivity index (χ3v) is 12.7. The Balaban J connectivity index is 0.875. The van der Waals surface area contributed by atoms with Gasteiger partial charge < -0.3 is 44.6 Å². The van der Waals surface area contributed by atoms with E-state index in [4.69, 9.17) is 30.2 Å². The van der Waals surface area contributed by atoms with Gasteiger partial charge in [0.25, 0.3) is 5.91 Å². The van der Waals surface area contributed by atoms with Crippen molar-refractivity contribution in [3.63, 3.8) is 0 Å². The van der Waals surface area contributed by atoms with E-state index < -0.39 is 52.2 Å². The lowest BCUT2D eigenvalue weighted by molar-refractivity contribution is -0.164. The minimum atomic E-state index is -0.962. The minimum absolute atomic E-state index is 0.0239. The zero-order chi connectivity index (χ0) is 47.8. The van der Waals surface area contributed by atoms with E-state index in [1.54, 1.807) is 48.7 Å². The summed E-state index contributed by atoms with van der Waals surface area (Å²) in [5.41, 5.74) is 1.10. The summed E-state index contributed by atoms with van der Waals surface area (Å²) in [4.78, 5) is 59.0. The number of unbranched alkanes of at least 4 members (excludes halogenated alkanes) is 2. The molecule has 4 aromatic rings. The van der Waals surface area contributed by atoms with Crippen LogP contribution in [0.3, 0.4) is 0 Å². The number of likely N-dealkylation sites (tertiary alicyclic amines) is 1. The molecule has 6 rings (SSSR count). The maximum Gasteiger partial charge on any atom is 0.251 e. The highest BCUT2D eigenvalue weighted by Crippen LogP contribution is 2.55. The number of aliphatic hydroxyl groups excluding tert-OH is 1. The lowest BCUT2D eigenvalue weighted by atomic mass is 9.49. The van der Waals surface area contributed by atoms with Crippen LogP contribution in [-0.2, 0) is 25.7 Å². The van der Waals surface area contributed by atoms with Crippen molar-refractivity contribution in [2.24, 2.45) is 16.2 Å². The highest BCUT2D eigenvalue weighted by Gasteiger charge is 2.64. The number of nitrogens with one attached hydrogen (secondary N) is 3. The highest BCUT2D eigenvalue weighted by atomic mass is 35.5. The van der Waals surface area contributed by atoms with Gasteiger partial charge in [-0.2, -0.15) is 5.26 Å². The fraction of sp³-hybridized carbons (Fsp3) is 0.480. The molecule has 3 aromatic carbocycles. The van der Waals surface area contributed by atoms with Gasteiger partial charge in [-0.1, -0.05) is 84.3 Å². The average Bonchev–Trinajstić information content (AvgIpc) is 3.97. The first-order chi connectivity index (χ1) is 31.3. The van der Waals surface area contributed by atoms with Crippen LogP contribution < -0.4 is 25.4 Å². The van der Waals surface area contributed by atoms with Crippen molar-refractivity contribution in [1.29, 1.82) is 5.26 Å². The van der Waals surface area contributed by atoms with E-state index in [0.29, 0.717) is 53.0 Å². The number of aromatic nitrogens is 1. The standard InChI is InChI=1S/C50H61ClN6O9/c1-48(2,3)42(45(62)57-28-35(58)23-39(57)44(61)54-26-31-11-13-32(14-12-31)40-27-53-30-65-40)55-41(59)29-63-21-9-8-10-22-64-36-18-15-33(16-19-36)43(60)56-46-49(4,5)47(50(46,6)7)66-37-20-17-34(25-52)38(51)24-37/h11-20,24,27,30,35,39,42,46-47,58H,8-10,21-23,26,28-29H2,1-7H3,(H,54,61)(H,55,59)(H,56,60)/t35-,39+,42-,46?,47?/m1/s1. The van der Waals surface area contributed by atoms with Crippen LogP contribution in [0.25, 0.3) is 11.3 Å². The largest absolute Gasteiger partial charge is 0.494 e. The molecule has 1 saturated carbocycles. The van der Waals surface area contributed by atoms with Gasteiger partial charge in [-0.3, -0.25) is 19.2 Å². The van der Waals surface area contributed by atoms with Crippen molar-refractivity contribution in [3.8, 4) is 28.9 Å². The van der Waals surface area contributed by atoms with Gasteiger partial charge in [-0.05, 0) is 66.6 Å². The Hall–Kier alpha value is -5.95. The molecule has 1 aliphatic carbocycles. The molecule has 0 unspecified atom stereocenters. The minimum Gasteiger partial charge on any atom is -0.494 e. The fourth-order valence-electron chi connectivity index (χ4n) is 9.13. The number of β-amino-alcohol motifs (C(OH)–C–C–N with tert-alkyl or cyclic N) is 1. The second-order valence-corrected chi connectivity index (χ2v) is 19.7. The van der Waals surface area contributed by atoms with Gasteiger partial charge in [-0.15, -0.1) is 0 Å². The number of rotatable bonds is 19. The van der Waals surface area contributed by atoms with Crippen LogP contribution in [0, 0.1) is 27.6 Å². The Morgan fingerprint density at radius 1 is 0.970 bits per heavy atom. The summed E-state index contributed by atoms with van der Waals surface area (Å²) in [7, 11) is 0. The van der Waals surface area contributed by atoms with E-state index in [1.807, 2.05) is 45.0 Å². The number of carbonyl (C=O) groups is 4. The van der Waals surface area contributed by atoms with Gasteiger partial charge >= 0.3 is 0 Å². The van der Waals surface area contributed by atoms with Crippen molar-refractivity contribution >= 4 is 35.2 Å². The zero-order valence-electron chi connectivity index (χ0n) is 38.7. The average molecular weight is 926 g/mol. The number of hydrogen-bond donors (Lipinski definition) is 4. The summed E-state index contributed by atoms with van der Waals surface area (Å²) in [6.45, 7) is 14.5. The molecule has 2 heterocycles. The predicted molar refractivity (Wildman–Crippen MR) is 247 cm³/mol. The monoisotopic (exact) mass is 924 g/mol. The Bertz CT molecular complexity index is 2340. The van der Waals surface area contributed by atoms with Crippen LogP contribution in [0.4, 0.5) is 0 Å². The third kappa shape index (κ3) is 11.9. The molecule has 0 radical (unpaired) electrons. The van der Waals surface area contributed by atoms with Crippen LogP contribution in [0.15, 0.2) is 83.7 Å². The number of nitriles is 1. The SMILES string of the molecule is CC1(C)C(NC(=O)c2ccc(OCCCCCOCC(=O)N[C@H](C(=O)N3C[C@H](O)C[C@H]3C(=O)NCc3ccc(-c4cnco4)cc3)C(C)(C)C)cc2)C(C)(C)C1Oc1ccc(C#N)c(Cl)c1. The number of benzene rings is 3. The van der Waals surface area contributed by atoms with Crippen LogP contribution >= 0.6 is 11.6 Å². The van der Waals surface area contributed by atoms with E-state index in [0.717, 1.165) is 24.0 Å². The maximum atomic E-state index is 13.9. The molecule has 1 aliphatic heterocycles. The second kappa shape index (κ2) is 21.1. The molecular formula is C50H61ClN6O9. The second-order valence-electron chi connectivity index (χ2n) is 19.3. The third-order valence-electron chi connectivity index (χ3n) is 12.4. The summed E-state index contributed by atoms with van der Waals surface area (Å²) >= 11 is 6.23. The molecule has 2 fully saturated rings. The van der Waals surface area contributed by atoms with E-state index in [1.165, 1.54) is 11.3 Å². The summed E-state index contributed by atoms with van der Waals surface area (Å²) in [6, 6.07) is 19.5. The Morgan fingerprint density at radius 3 is 2.29 bits per heavy atom. The lowest BCUT2D eigenvalue weighted by Crippen LogP contribution is -2.74. The quantitative estimate of drug-likeness (QED) is 0.0716. The van der Waals surface area contributed by atoms with Gasteiger partial charge in [0.15, 0.2) is 12.2 Å². The molecule has 15 nitrogen and oxygen atoms in total. The maximum absolute atomic E-state index is 13.9. The first kappa shape index (κ1) is 49.5. The number of halogens is 1. The molecule has 16 heteroatoms. The molecule has 1 saturated heterocycles. The van der Waals surface area contributed by atoms with E-state index in [-0.39, 0.29) is 44.2 Å². The number of carbonyl (C=O) groups excluding carboxylic acids is 4. The van der Waals surface area contributed by atoms with Gasteiger partial charge in [0, 0.05) is 60.2 Å². The molecular weight excluding hydrogens is 864 g/mol. The molecule has 3 atom stereocenters. The topological polar surface area (TPSA) is 205 Å². The molecule has 66 heavy (non-hydrogen) atoms. The Morgan fingerprint density at radius 2 is 1.65 bits per heavy atom. The predicted octanol–water partition coefficient (Wildman–Crippen LogP) is 6.85. The molecule has 0 bridgehead atoms. The summed E-state index contributed by atoms with van der Waals surface area (Å²) in [6.07, 6.45) is 4.19. The van der Waals surface area contributed by atoms with E-state index in [9.17, 15) is 29.5 Å². The molecule has 4 amide bonds. The van der Waals surface area contributed by atoms with Crippen molar-refractivity contribution in [2.45, 2.75) is 111 Å². The van der Waals surface area contributed by atoms with Crippen LogP contribution in [-0.4, -0.2) is 95.3 Å². The summed E-state index contributed by atoms with van der Waals surface area (Å²) in [5.74, 6) is 0.355. The summed E-state index contributed by atoms with van der Waals surface area (Å²) < 4.78 is 23.2. The van der Waals surface area contributed by atoms with Gasteiger partial charge in [0.1, 0.15) is 42.4 Å². The van der Waals surface area contributed by atoms with Gasteiger partial charge in [0.2, 0.25) is 17.7 Å². The Kier molecular flexibility index (Phi) is 15.8. The number of amides is 4. The van der Waals surface area contributed by atoms with Crippen molar-refractivity contribution < 1.29 is 42.9 Å². The fourth-order valence-corrected chi connectivity index (χ4v) is 9.34. The molecule has 352 valence electrons. The molecule has 0 spiro atoms. The normalized spacial score (nSPS) is 20.0. The zero-order valence-corrected chi connectivity index (χ0v) is 39.4. The van der Waals surface area contributed by atoms with E-state index >= 15 is 0 Å². The first-order valence-electron chi connectivity index (χ1n) is 22.3. The van der Waals surface area contributed by atoms with Crippen LogP contribution in [0.2, 0.25) is 5.02 Å². The number of hydrogen-bond acceptors (Lipinski definition) is 11. The van der Waals surface area contributed by atoms with Gasteiger partial charge in [0.05, 0.1) is 29.5 Å². The van der Waals surface area contributed by atoms with E-state index in [2.05, 4.69) is 54.7 Å². The summed E-state index contributed by atoms with van der Waals surface area (Å²) in [5, 5.41) is 29.0. The number of aliphatic hydroxyl groups is 1. The lowest BCUT2D eigenvalue weighted by Gasteiger charge is -2.63. The van der Waals surface area contributed by atoms with Crippen LogP contribution in [0.5, 0.6) is 11.5 Å². The molecule has 1 aromatic heterocycles.